The summed E-state index contributed by atoms with van der Waals surface area (Å²) < 4.78 is 4.73. The van der Waals surface area contributed by atoms with Crippen LogP contribution in [0.4, 0.5) is 0 Å². The van der Waals surface area contributed by atoms with Crippen LogP contribution in [0.1, 0.15) is 33.1 Å². The summed E-state index contributed by atoms with van der Waals surface area (Å²) in [5.74, 6) is -1.27. The Balaban J connectivity index is 2.54. The summed E-state index contributed by atoms with van der Waals surface area (Å²) in [6, 6.07) is -0.118. The van der Waals surface area contributed by atoms with E-state index in [4.69, 9.17) is 4.74 Å². The third kappa shape index (κ3) is 3.41. The van der Waals surface area contributed by atoms with Gasteiger partial charge in [0.15, 0.2) is 6.61 Å². The molecule has 1 aliphatic heterocycles. The van der Waals surface area contributed by atoms with Crippen LogP contribution in [-0.2, 0) is 19.1 Å². The van der Waals surface area contributed by atoms with Gasteiger partial charge in [-0.15, -0.1) is 0 Å². The SMILES string of the molecule is C=C(C)C(=O)OCC(=O)N1C(=O)CCCC1C. The van der Waals surface area contributed by atoms with Gasteiger partial charge < -0.3 is 4.74 Å². The molecule has 2 amide bonds. The first-order valence-electron chi connectivity index (χ1n) is 5.61. The summed E-state index contributed by atoms with van der Waals surface area (Å²) in [5, 5.41) is 0. The van der Waals surface area contributed by atoms with E-state index in [9.17, 15) is 14.4 Å². The van der Waals surface area contributed by atoms with Crippen molar-refractivity contribution in [3.8, 4) is 0 Å². The van der Waals surface area contributed by atoms with E-state index in [2.05, 4.69) is 6.58 Å². The Kier molecular flexibility index (Phi) is 4.43. The van der Waals surface area contributed by atoms with E-state index >= 15 is 0 Å². The molecule has 0 aliphatic carbocycles. The molecule has 0 aromatic rings. The highest BCUT2D eigenvalue weighted by Gasteiger charge is 2.30. The first kappa shape index (κ1) is 13.4. The number of carbonyl (C=O) groups is 3. The lowest BCUT2D eigenvalue weighted by Gasteiger charge is -2.31. The van der Waals surface area contributed by atoms with Gasteiger partial charge in [0.05, 0.1) is 0 Å². The Bertz CT molecular complexity index is 362. The average Bonchev–Trinajstić information content (AvgIpc) is 2.25. The Morgan fingerprint density at radius 1 is 1.53 bits per heavy atom. The first-order valence-corrected chi connectivity index (χ1v) is 5.61. The molecule has 0 bridgehead atoms. The van der Waals surface area contributed by atoms with Gasteiger partial charge in [-0.2, -0.15) is 0 Å². The lowest BCUT2D eigenvalue weighted by atomic mass is 10.0. The molecule has 0 aromatic carbocycles. The van der Waals surface area contributed by atoms with Crippen molar-refractivity contribution in [2.45, 2.75) is 39.2 Å². The van der Waals surface area contributed by atoms with Crippen molar-refractivity contribution in [3.05, 3.63) is 12.2 Å². The number of hydrogen-bond acceptors (Lipinski definition) is 4. The Morgan fingerprint density at radius 3 is 2.71 bits per heavy atom. The van der Waals surface area contributed by atoms with E-state index in [-0.39, 0.29) is 17.5 Å². The summed E-state index contributed by atoms with van der Waals surface area (Å²) in [7, 11) is 0. The van der Waals surface area contributed by atoms with E-state index in [0.29, 0.717) is 6.42 Å². The zero-order chi connectivity index (χ0) is 13.0. The fraction of sp³-hybridized carbons (Fsp3) is 0.583. The second-order valence-corrected chi connectivity index (χ2v) is 4.26. The highest BCUT2D eigenvalue weighted by Crippen LogP contribution is 2.17. The molecule has 17 heavy (non-hydrogen) atoms. The fourth-order valence-corrected chi connectivity index (χ4v) is 1.75. The van der Waals surface area contributed by atoms with Crippen LogP contribution in [0.5, 0.6) is 0 Å². The van der Waals surface area contributed by atoms with Crippen LogP contribution < -0.4 is 0 Å². The van der Waals surface area contributed by atoms with Crippen LogP contribution in [0.15, 0.2) is 12.2 Å². The fourth-order valence-electron chi connectivity index (χ4n) is 1.75. The van der Waals surface area contributed by atoms with Crippen molar-refractivity contribution in [1.82, 2.24) is 4.90 Å². The Hall–Kier alpha value is -1.65. The number of ether oxygens (including phenoxy) is 1. The number of carbonyl (C=O) groups excluding carboxylic acids is 3. The molecular formula is C12H17NO4. The van der Waals surface area contributed by atoms with Crippen LogP contribution in [-0.4, -0.2) is 35.3 Å². The molecule has 1 aliphatic rings. The summed E-state index contributed by atoms with van der Waals surface area (Å²) in [4.78, 5) is 35.6. The predicted molar refractivity (Wildman–Crippen MR) is 60.9 cm³/mol. The number of likely N-dealkylation sites (tertiary alicyclic amines) is 1. The van der Waals surface area contributed by atoms with Gasteiger partial charge in [0.2, 0.25) is 5.91 Å². The second kappa shape index (κ2) is 5.61. The molecule has 94 valence electrons. The number of imide groups is 1. The minimum absolute atomic E-state index is 0.118. The molecule has 1 heterocycles. The van der Waals surface area contributed by atoms with Crippen molar-refractivity contribution >= 4 is 17.8 Å². The zero-order valence-electron chi connectivity index (χ0n) is 10.2. The molecule has 0 saturated carbocycles. The standard InChI is InChI=1S/C12H17NO4/c1-8(2)12(16)17-7-11(15)13-9(3)5-4-6-10(13)14/h9H,1,4-7H2,2-3H3. The van der Waals surface area contributed by atoms with Crippen LogP contribution in [0.25, 0.3) is 0 Å². The van der Waals surface area contributed by atoms with Crippen molar-refractivity contribution in [3.63, 3.8) is 0 Å². The highest BCUT2D eigenvalue weighted by atomic mass is 16.5. The number of piperidine rings is 1. The van der Waals surface area contributed by atoms with Crippen LogP contribution in [0.3, 0.4) is 0 Å². The third-order valence-corrected chi connectivity index (χ3v) is 2.67. The van der Waals surface area contributed by atoms with E-state index in [1.165, 1.54) is 11.8 Å². The van der Waals surface area contributed by atoms with Gasteiger partial charge >= 0.3 is 5.97 Å². The second-order valence-electron chi connectivity index (χ2n) is 4.26. The van der Waals surface area contributed by atoms with Gasteiger partial charge in [0.1, 0.15) is 0 Å². The molecule has 1 unspecified atom stereocenters. The van der Waals surface area contributed by atoms with Crippen molar-refractivity contribution in [2.75, 3.05) is 6.61 Å². The number of esters is 1. The lowest BCUT2D eigenvalue weighted by Crippen LogP contribution is -2.47. The first-order chi connectivity index (χ1) is 7.93. The maximum Gasteiger partial charge on any atom is 0.333 e. The molecule has 1 fully saturated rings. The molecule has 0 spiro atoms. The van der Waals surface area contributed by atoms with Crippen molar-refractivity contribution < 1.29 is 19.1 Å². The largest absolute Gasteiger partial charge is 0.452 e. The maximum absolute atomic E-state index is 11.7. The lowest BCUT2D eigenvalue weighted by molar-refractivity contribution is -0.157. The number of rotatable bonds is 3. The van der Waals surface area contributed by atoms with Gasteiger partial charge in [-0.25, -0.2) is 4.79 Å². The van der Waals surface area contributed by atoms with E-state index in [1.807, 2.05) is 6.92 Å². The molecule has 0 aromatic heterocycles. The normalized spacial score (nSPS) is 20.0. The van der Waals surface area contributed by atoms with Gasteiger partial charge in [-0.05, 0) is 26.7 Å². The summed E-state index contributed by atoms with van der Waals surface area (Å²) in [6.45, 7) is 6.32. The third-order valence-electron chi connectivity index (χ3n) is 2.67. The van der Waals surface area contributed by atoms with Crippen LogP contribution in [0.2, 0.25) is 0 Å². The molecule has 0 radical (unpaired) electrons. The Labute approximate surface area is 100 Å². The predicted octanol–water partition coefficient (Wildman–Crippen LogP) is 1.03. The molecule has 5 heteroatoms. The van der Waals surface area contributed by atoms with Gasteiger partial charge in [-0.1, -0.05) is 6.58 Å². The molecule has 1 saturated heterocycles. The van der Waals surface area contributed by atoms with Gasteiger partial charge in [-0.3, -0.25) is 14.5 Å². The summed E-state index contributed by atoms with van der Waals surface area (Å²) >= 11 is 0. The molecule has 0 N–H and O–H groups in total. The van der Waals surface area contributed by atoms with Crippen LogP contribution in [0, 0.1) is 0 Å². The molecule has 1 atom stereocenters. The van der Waals surface area contributed by atoms with E-state index in [0.717, 1.165) is 12.8 Å². The number of amides is 2. The van der Waals surface area contributed by atoms with Gasteiger partial charge in [0.25, 0.3) is 5.91 Å². The van der Waals surface area contributed by atoms with Crippen LogP contribution >= 0.6 is 0 Å². The smallest absolute Gasteiger partial charge is 0.333 e. The minimum atomic E-state index is -0.615. The van der Waals surface area contributed by atoms with Crippen molar-refractivity contribution in [2.24, 2.45) is 0 Å². The average molecular weight is 239 g/mol. The van der Waals surface area contributed by atoms with E-state index < -0.39 is 18.5 Å². The van der Waals surface area contributed by atoms with Gasteiger partial charge in [0, 0.05) is 18.0 Å². The zero-order valence-corrected chi connectivity index (χ0v) is 10.2. The molecule has 1 rings (SSSR count). The summed E-state index contributed by atoms with van der Waals surface area (Å²) in [6.07, 6.45) is 1.98. The topological polar surface area (TPSA) is 63.7 Å². The van der Waals surface area contributed by atoms with E-state index in [1.54, 1.807) is 0 Å². The number of hydrogen-bond donors (Lipinski definition) is 0. The maximum atomic E-state index is 11.7. The monoisotopic (exact) mass is 239 g/mol. The summed E-state index contributed by atoms with van der Waals surface area (Å²) in [5.41, 5.74) is 0.232. The Morgan fingerprint density at radius 2 is 2.18 bits per heavy atom. The van der Waals surface area contributed by atoms with Crippen molar-refractivity contribution in [1.29, 1.82) is 0 Å². The quantitative estimate of drug-likeness (QED) is 0.545. The molecular weight excluding hydrogens is 222 g/mol. The molecule has 5 nitrogen and oxygen atoms in total. The highest BCUT2D eigenvalue weighted by molar-refractivity contribution is 5.98. The minimum Gasteiger partial charge on any atom is -0.452 e. The number of nitrogens with zero attached hydrogens (tertiary/aromatic N) is 1.